The van der Waals surface area contributed by atoms with E-state index < -0.39 is 0 Å². The number of hydrogen-bond acceptors (Lipinski definition) is 2. The zero-order chi connectivity index (χ0) is 12.5. The van der Waals surface area contributed by atoms with Crippen LogP contribution in [0, 0.1) is 0 Å². The molecule has 3 heteroatoms. The predicted octanol–water partition coefficient (Wildman–Crippen LogP) is 1.96. The highest BCUT2D eigenvalue weighted by Crippen LogP contribution is 2.20. The lowest BCUT2D eigenvalue weighted by Gasteiger charge is -2.39. The third-order valence-corrected chi connectivity index (χ3v) is 3.11. The van der Waals surface area contributed by atoms with E-state index in [0.717, 1.165) is 18.7 Å². The number of piperazine rings is 1. The molecule has 2 rings (SSSR count). The van der Waals surface area contributed by atoms with Crippen LogP contribution in [0.2, 0.25) is 0 Å². The molecule has 1 heterocycles. The summed E-state index contributed by atoms with van der Waals surface area (Å²) < 4.78 is 0. The first kappa shape index (κ1) is 12.0. The van der Waals surface area contributed by atoms with Gasteiger partial charge >= 0.3 is 0 Å². The number of rotatable bonds is 2. The third kappa shape index (κ3) is 2.78. The highest BCUT2D eigenvalue weighted by Gasteiger charge is 2.30. The molecule has 1 aliphatic heterocycles. The Bertz CT molecular complexity index is 409. The van der Waals surface area contributed by atoms with Crippen molar-refractivity contribution in [1.82, 2.24) is 5.32 Å². The fourth-order valence-corrected chi connectivity index (χ4v) is 2.29. The van der Waals surface area contributed by atoms with Crippen LogP contribution in [0.1, 0.15) is 26.3 Å². The van der Waals surface area contributed by atoms with E-state index in [1.54, 1.807) is 0 Å². The number of hydrogen-bond donors (Lipinski definition) is 1. The Balaban J connectivity index is 2.18. The van der Waals surface area contributed by atoms with E-state index in [9.17, 15) is 4.79 Å². The standard InChI is InChI=1S/C14H20N2O/c1-4-11-5-7-12(8-6-11)16-9-13(17)15-14(2,3)10-16/h5-8H,4,9-10H2,1-3H3,(H,15,17). The number of amides is 1. The van der Waals surface area contributed by atoms with Crippen molar-refractivity contribution in [3.05, 3.63) is 29.8 Å². The van der Waals surface area contributed by atoms with Gasteiger partial charge < -0.3 is 10.2 Å². The maximum Gasteiger partial charge on any atom is 0.239 e. The van der Waals surface area contributed by atoms with E-state index in [4.69, 9.17) is 0 Å². The first-order chi connectivity index (χ1) is 8.00. The number of carbonyl (C=O) groups excluding carboxylic acids is 1. The van der Waals surface area contributed by atoms with Crippen LogP contribution in [0.25, 0.3) is 0 Å². The fourth-order valence-electron chi connectivity index (χ4n) is 2.29. The molecule has 0 unspecified atom stereocenters. The number of nitrogens with one attached hydrogen (secondary N) is 1. The van der Waals surface area contributed by atoms with Crippen molar-refractivity contribution >= 4 is 11.6 Å². The summed E-state index contributed by atoms with van der Waals surface area (Å²) >= 11 is 0. The van der Waals surface area contributed by atoms with Crippen LogP contribution in [-0.4, -0.2) is 24.5 Å². The molecule has 3 nitrogen and oxygen atoms in total. The number of benzene rings is 1. The van der Waals surface area contributed by atoms with E-state index >= 15 is 0 Å². The summed E-state index contributed by atoms with van der Waals surface area (Å²) in [5.41, 5.74) is 2.30. The smallest absolute Gasteiger partial charge is 0.239 e. The van der Waals surface area contributed by atoms with E-state index in [1.165, 1.54) is 5.56 Å². The molecule has 0 atom stereocenters. The number of aryl methyl sites for hydroxylation is 1. The second-order valence-corrected chi connectivity index (χ2v) is 5.31. The lowest BCUT2D eigenvalue weighted by molar-refractivity contribution is -0.122. The average Bonchev–Trinajstić information content (AvgIpc) is 2.26. The molecule has 0 aliphatic carbocycles. The minimum absolute atomic E-state index is 0.0980. The Morgan fingerprint density at radius 2 is 1.94 bits per heavy atom. The molecule has 0 bridgehead atoms. The van der Waals surface area contributed by atoms with Crippen LogP contribution < -0.4 is 10.2 Å². The van der Waals surface area contributed by atoms with Crippen molar-refractivity contribution in [1.29, 1.82) is 0 Å². The maximum absolute atomic E-state index is 11.6. The Labute approximate surface area is 103 Å². The van der Waals surface area contributed by atoms with Crippen LogP contribution in [0.3, 0.4) is 0 Å². The molecule has 1 N–H and O–H groups in total. The number of carbonyl (C=O) groups is 1. The molecule has 1 fully saturated rings. The van der Waals surface area contributed by atoms with Crippen molar-refractivity contribution in [3.8, 4) is 0 Å². The zero-order valence-electron chi connectivity index (χ0n) is 10.8. The molecule has 1 aliphatic rings. The Morgan fingerprint density at radius 1 is 1.29 bits per heavy atom. The summed E-state index contributed by atoms with van der Waals surface area (Å²) in [6.45, 7) is 7.56. The summed E-state index contributed by atoms with van der Waals surface area (Å²) in [6, 6.07) is 8.48. The third-order valence-electron chi connectivity index (χ3n) is 3.11. The second-order valence-electron chi connectivity index (χ2n) is 5.31. The minimum atomic E-state index is -0.154. The molecule has 1 aromatic carbocycles. The van der Waals surface area contributed by atoms with Gasteiger partial charge in [0.05, 0.1) is 12.1 Å². The van der Waals surface area contributed by atoms with Gasteiger partial charge in [-0.25, -0.2) is 0 Å². The zero-order valence-corrected chi connectivity index (χ0v) is 10.8. The van der Waals surface area contributed by atoms with Crippen LogP contribution >= 0.6 is 0 Å². The molecule has 1 saturated heterocycles. The molecule has 92 valence electrons. The van der Waals surface area contributed by atoms with Crippen molar-refractivity contribution in [2.24, 2.45) is 0 Å². The van der Waals surface area contributed by atoms with Gasteiger partial charge in [0.25, 0.3) is 0 Å². The van der Waals surface area contributed by atoms with E-state index in [0.29, 0.717) is 6.54 Å². The molecule has 17 heavy (non-hydrogen) atoms. The summed E-state index contributed by atoms with van der Waals surface area (Å²) in [4.78, 5) is 13.8. The monoisotopic (exact) mass is 232 g/mol. The first-order valence-corrected chi connectivity index (χ1v) is 6.15. The summed E-state index contributed by atoms with van der Waals surface area (Å²) in [7, 11) is 0. The van der Waals surface area contributed by atoms with E-state index in [-0.39, 0.29) is 11.4 Å². The van der Waals surface area contributed by atoms with Gasteiger partial charge in [-0.05, 0) is 38.0 Å². The van der Waals surface area contributed by atoms with Crippen LogP contribution in [0.15, 0.2) is 24.3 Å². The Hall–Kier alpha value is -1.51. The first-order valence-electron chi connectivity index (χ1n) is 6.15. The van der Waals surface area contributed by atoms with Crippen molar-refractivity contribution in [2.75, 3.05) is 18.0 Å². The largest absolute Gasteiger partial charge is 0.360 e. The van der Waals surface area contributed by atoms with Crippen LogP contribution in [0.5, 0.6) is 0 Å². The molecule has 1 aromatic rings. The summed E-state index contributed by atoms with van der Waals surface area (Å²) in [5, 5.41) is 3.00. The van der Waals surface area contributed by atoms with Crippen molar-refractivity contribution in [3.63, 3.8) is 0 Å². The van der Waals surface area contributed by atoms with Gasteiger partial charge in [-0.2, -0.15) is 0 Å². The number of anilines is 1. The second kappa shape index (κ2) is 4.40. The fraction of sp³-hybridized carbons (Fsp3) is 0.500. The molecular formula is C14H20N2O. The van der Waals surface area contributed by atoms with Gasteiger partial charge in [-0.3, -0.25) is 4.79 Å². The number of nitrogens with zero attached hydrogens (tertiary/aromatic N) is 1. The SMILES string of the molecule is CCc1ccc(N2CC(=O)NC(C)(C)C2)cc1. The summed E-state index contributed by atoms with van der Waals surface area (Å²) in [6.07, 6.45) is 1.05. The van der Waals surface area contributed by atoms with Gasteiger partial charge in [0.1, 0.15) is 0 Å². The van der Waals surface area contributed by atoms with E-state index in [1.807, 2.05) is 0 Å². The van der Waals surface area contributed by atoms with Crippen LogP contribution in [-0.2, 0) is 11.2 Å². The lowest BCUT2D eigenvalue weighted by atomic mass is 10.0. The molecule has 1 amide bonds. The topological polar surface area (TPSA) is 32.3 Å². The van der Waals surface area contributed by atoms with Gasteiger partial charge in [0, 0.05) is 12.2 Å². The minimum Gasteiger partial charge on any atom is -0.360 e. The lowest BCUT2D eigenvalue weighted by Crippen LogP contribution is -2.60. The van der Waals surface area contributed by atoms with Gasteiger partial charge in [-0.15, -0.1) is 0 Å². The quantitative estimate of drug-likeness (QED) is 0.845. The molecule has 0 aromatic heterocycles. The highest BCUT2D eigenvalue weighted by atomic mass is 16.2. The normalized spacial score (nSPS) is 19.0. The van der Waals surface area contributed by atoms with Crippen molar-refractivity contribution < 1.29 is 4.79 Å². The molecule has 0 saturated carbocycles. The average molecular weight is 232 g/mol. The van der Waals surface area contributed by atoms with E-state index in [2.05, 4.69) is 55.3 Å². The highest BCUT2D eigenvalue weighted by molar-refractivity contribution is 5.83. The summed E-state index contributed by atoms with van der Waals surface area (Å²) in [5.74, 6) is 0.0980. The molecular weight excluding hydrogens is 212 g/mol. The van der Waals surface area contributed by atoms with Gasteiger partial charge in [-0.1, -0.05) is 19.1 Å². The predicted molar refractivity (Wildman–Crippen MR) is 70.3 cm³/mol. The van der Waals surface area contributed by atoms with Gasteiger partial charge in [0.2, 0.25) is 5.91 Å². The molecule has 0 spiro atoms. The Kier molecular flexibility index (Phi) is 3.09. The Morgan fingerprint density at radius 3 is 2.47 bits per heavy atom. The van der Waals surface area contributed by atoms with Gasteiger partial charge in [0.15, 0.2) is 0 Å². The maximum atomic E-state index is 11.6. The van der Waals surface area contributed by atoms with Crippen LogP contribution in [0.4, 0.5) is 5.69 Å². The molecule has 0 radical (unpaired) electrons. The van der Waals surface area contributed by atoms with Crippen molar-refractivity contribution in [2.45, 2.75) is 32.7 Å².